The lowest BCUT2D eigenvalue weighted by atomic mass is 10.1. The van der Waals surface area contributed by atoms with E-state index in [-0.39, 0.29) is 60.9 Å². The molecule has 0 aliphatic carbocycles. The quantitative estimate of drug-likeness (QED) is 0.0202. The average molecular weight is 1410 g/mol. The molecule has 96 heavy (non-hydrogen) atoms. The maximum absolute atomic E-state index is 13.9. The fourth-order valence-electron chi connectivity index (χ4n) is 10.3. The first kappa shape index (κ1) is 73.0. The first-order valence-corrected chi connectivity index (χ1v) is 33.5. The van der Waals surface area contributed by atoms with Crippen LogP contribution in [0.15, 0.2) is 139 Å². The molecule has 0 bridgehead atoms. The summed E-state index contributed by atoms with van der Waals surface area (Å²) in [6.07, 6.45) is 13.9. The molecule has 26 heteroatoms. The normalized spacial score (nSPS) is 13.6. The molecule has 1 aliphatic heterocycles. The van der Waals surface area contributed by atoms with Crippen LogP contribution < -0.4 is 31.0 Å². The fourth-order valence-corrected chi connectivity index (χ4v) is 11.6. The number of anilines is 4. The third-order valence-corrected chi connectivity index (χ3v) is 16.9. The number of rotatable bonds is 28. The first-order chi connectivity index (χ1) is 46.2. The van der Waals surface area contributed by atoms with Crippen molar-refractivity contribution in [2.24, 2.45) is 5.10 Å². The smallest absolute Gasteiger partial charge is 0.347 e. The molecule has 4 atom stereocenters. The Morgan fingerprint density at radius 3 is 1.97 bits per heavy atom. The van der Waals surface area contributed by atoms with Crippen LogP contribution in [0.3, 0.4) is 0 Å². The summed E-state index contributed by atoms with van der Waals surface area (Å²) in [6.45, 7) is 11.6. The van der Waals surface area contributed by atoms with Crippen molar-refractivity contribution in [2.75, 3.05) is 27.6 Å². The van der Waals surface area contributed by atoms with E-state index in [4.69, 9.17) is 72.2 Å². The van der Waals surface area contributed by atoms with Crippen LogP contribution in [0.4, 0.5) is 22.7 Å². The average Bonchev–Trinajstić information content (AvgIpc) is 1.64. The molecule has 0 saturated carbocycles. The van der Waals surface area contributed by atoms with Crippen molar-refractivity contribution in [1.29, 1.82) is 0 Å². The van der Waals surface area contributed by atoms with Crippen LogP contribution in [0.1, 0.15) is 148 Å². The Balaban J connectivity index is 0.000000249. The standard InChI is InChI=1S/C39H47Cl2N5O6.C31H27Cl3N6O4/c1-4-6-7-8-9-10-11-12-13-16-23-51-38(49)26(3)52-39(50)28-20-22-30(41)33(25-28)43-37(48)35(46-34-18-15-14-17-31(34)44-45-46)36(47)42-32-24-27(5-2)19-21-29(32)40;1-4-24(44-25-10-9-17(2)13-18(25)3)30(42)36-21-8-5-7-19(14-21)29(41)37-28-27(39-12-6-11-35-39)31(43)40(38-28)26-22(33)15-20(32)16-23(26)34/h14-15,17-22,24-26,35H,4-13,16,23H2,1-3H3,(H,42,47)(H,43,48);5-16,24,27H,4H2,1-3H3,(H,36,42)(H,37,38,41). The number of aromatic nitrogens is 5. The lowest BCUT2D eigenvalue weighted by molar-refractivity contribution is -0.153. The monoisotopic (exact) mass is 1400 g/mol. The molecular weight excluding hydrogens is 1330 g/mol. The Kier molecular flexibility index (Phi) is 26.8. The van der Waals surface area contributed by atoms with Gasteiger partial charge >= 0.3 is 11.9 Å². The molecule has 0 radical (unpaired) electrons. The molecule has 0 fully saturated rings. The van der Waals surface area contributed by atoms with Gasteiger partial charge in [-0.1, -0.05) is 184 Å². The highest BCUT2D eigenvalue weighted by Gasteiger charge is 2.42. The highest BCUT2D eigenvalue weighted by molar-refractivity contribution is 6.43. The molecule has 4 unspecified atom stereocenters. The van der Waals surface area contributed by atoms with Crippen LogP contribution in [-0.4, -0.2) is 90.9 Å². The van der Waals surface area contributed by atoms with E-state index in [1.54, 1.807) is 66.9 Å². The number of esters is 2. The molecule has 0 saturated heterocycles. The molecule has 4 N–H and O–H groups in total. The van der Waals surface area contributed by atoms with Crippen LogP contribution in [0.2, 0.25) is 25.1 Å². The van der Waals surface area contributed by atoms with Crippen molar-refractivity contribution in [3.8, 4) is 5.75 Å². The van der Waals surface area contributed by atoms with Crippen molar-refractivity contribution < 1.29 is 47.8 Å². The lowest BCUT2D eigenvalue weighted by Crippen LogP contribution is -2.38. The maximum atomic E-state index is 13.9. The maximum Gasteiger partial charge on any atom is 0.347 e. The summed E-state index contributed by atoms with van der Waals surface area (Å²) in [6, 6.07) is 30.2. The number of unbranched alkanes of at least 4 members (excludes halogenated alkanes) is 9. The second kappa shape index (κ2) is 35.2. The van der Waals surface area contributed by atoms with E-state index in [1.165, 1.54) is 104 Å². The zero-order chi connectivity index (χ0) is 69.0. The Hall–Kier alpha value is -8.86. The fraction of sp³-hybridized carbons (Fsp3) is 0.329. The number of nitrogens with zero attached hydrogens (tertiary/aromatic N) is 7. The number of halogens is 5. The largest absolute Gasteiger partial charge is 0.480 e. The highest BCUT2D eigenvalue weighted by atomic mass is 35.5. The van der Waals surface area contributed by atoms with Crippen molar-refractivity contribution in [3.63, 3.8) is 0 Å². The van der Waals surface area contributed by atoms with Gasteiger partial charge in [-0.25, -0.2) is 14.3 Å². The molecule has 2 aromatic heterocycles. The van der Waals surface area contributed by atoms with Crippen LogP contribution in [0.5, 0.6) is 5.75 Å². The summed E-state index contributed by atoms with van der Waals surface area (Å²) in [4.78, 5) is 93.4. The molecule has 1 aliphatic rings. The Bertz CT molecular complexity index is 4110. The van der Waals surface area contributed by atoms with Crippen LogP contribution in [0, 0.1) is 13.8 Å². The number of para-hydroxylation sites is 1. The molecule has 3 heterocycles. The van der Waals surface area contributed by atoms with Gasteiger partial charge in [-0.2, -0.15) is 10.1 Å². The van der Waals surface area contributed by atoms with Crippen LogP contribution >= 0.6 is 58.0 Å². The van der Waals surface area contributed by atoms with Crippen molar-refractivity contribution in [1.82, 2.24) is 30.1 Å². The van der Waals surface area contributed by atoms with Gasteiger partial charge in [0.15, 0.2) is 24.1 Å². The Labute approximate surface area is 581 Å². The minimum Gasteiger partial charge on any atom is -0.480 e. The summed E-state index contributed by atoms with van der Waals surface area (Å²) in [5.41, 5.74) is 4.94. The zero-order valence-corrected chi connectivity index (χ0v) is 57.6. The number of hydrogen-bond acceptors (Lipinski definition) is 14. The molecule has 8 aromatic rings. The number of carbonyl (C=O) groups is 7. The summed E-state index contributed by atoms with van der Waals surface area (Å²) in [5.74, 6) is -3.88. The number of hydrogen-bond donors (Lipinski definition) is 4. The topological polar surface area (TPSA) is 259 Å². The van der Waals surface area contributed by atoms with Crippen molar-refractivity contribution >= 4 is 139 Å². The highest BCUT2D eigenvalue weighted by Crippen LogP contribution is 2.40. The van der Waals surface area contributed by atoms with Crippen molar-refractivity contribution in [3.05, 3.63) is 187 Å². The minimum absolute atomic E-state index is 0.00635. The number of aryl methyl sites for hydroxylation is 3. The zero-order valence-electron chi connectivity index (χ0n) is 53.8. The minimum atomic E-state index is -1.56. The summed E-state index contributed by atoms with van der Waals surface area (Å²) >= 11 is 31.6. The van der Waals surface area contributed by atoms with Gasteiger partial charge in [-0.15, -0.1) is 10.2 Å². The molecule has 0 spiro atoms. The SMILES string of the molecule is CCC(Oc1ccc(C)cc1C)C(=O)Nc1cccc(C(=O)NC2=NN(c3c(Cl)cc(Cl)cc3Cl)C(=O)C2n2cccn2)c1.CCCCCCCCCCCCOC(=O)C(C)OC(=O)c1ccc(Cl)c(NC(=O)C(C(=O)Nc2cc(CC)ccc2Cl)n2nnc3ccccc32)c1. The second-order valence-electron chi connectivity index (χ2n) is 22.7. The Morgan fingerprint density at radius 2 is 1.31 bits per heavy atom. The van der Waals surface area contributed by atoms with E-state index in [9.17, 15) is 33.6 Å². The number of benzene rings is 6. The molecular formula is C70H74Cl5N11O10. The predicted octanol–water partition coefficient (Wildman–Crippen LogP) is 15.7. The number of hydrazone groups is 1. The van der Waals surface area contributed by atoms with Gasteiger partial charge in [-0.3, -0.25) is 28.7 Å². The number of ether oxygens (including phenoxy) is 3. The van der Waals surface area contributed by atoms with Gasteiger partial charge in [0, 0.05) is 28.7 Å². The van der Waals surface area contributed by atoms with E-state index >= 15 is 0 Å². The Morgan fingerprint density at radius 1 is 0.646 bits per heavy atom. The summed E-state index contributed by atoms with van der Waals surface area (Å²) in [5, 5.41) is 29.6. The molecule has 5 amide bonds. The number of carbonyl (C=O) groups excluding carboxylic acids is 7. The van der Waals surface area contributed by atoms with E-state index in [0.717, 1.165) is 41.0 Å². The van der Waals surface area contributed by atoms with Crippen LogP contribution in [-0.2, 0) is 39.9 Å². The van der Waals surface area contributed by atoms with Gasteiger partial charge < -0.3 is 35.5 Å². The van der Waals surface area contributed by atoms with E-state index in [1.807, 2.05) is 52.0 Å². The second-order valence-corrected chi connectivity index (χ2v) is 24.8. The number of amidine groups is 1. The van der Waals surface area contributed by atoms with Gasteiger partial charge in [0.05, 0.1) is 49.2 Å². The van der Waals surface area contributed by atoms with E-state index < -0.39 is 59.9 Å². The molecule has 21 nitrogen and oxygen atoms in total. The lowest BCUT2D eigenvalue weighted by Gasteiger charge is -2.19. The molecule has 6 aromatic carbocycles. The van der Waals surface area contributed by atoms with Gasteiger partial charge in [0.2, 0.25) is 6.04 Å². The third kappa shape index (κ3) is 19.4. The van der Waals surface area contributed by atoms with Crippen molar-refractivity contribution in [2.45, 2.75) is 143 Å². The van der Waals surface area contributed by atoms with E-state index in [2.05, 4.69) is 48.7 Å². The number of amides is 5. The predicted molar refractivity (Wildman–Crippen MR) is 375 cm³/mol. The van der Waals surface area contributed by atoms with Gasteiger partial charge in [0.1, 0.15) is 17.0 Å². The summed E-state index contributed by atoms with van der Waals surface area (Å²) < 4.78 is 19.3. The summed E-state index contributed by atoms with van der Waals surface area (Å²) in [7, 11) is 0. The molecule has 9 rings (SSSR count). The van der Waals surface area contributed by atoms with E-state index in [0.29, 0.717) is 46.0 Å². The molecule has 504 valence electrons. The van der Waals surface area contributed by atoms with Gasteiger partial charge in [0.25, 0.3) is 29.5 Å². The first-order valence-electron chi connectivity index (χ1n) is 31.6. The third-order valence-electron chi connectivity index (χ3n) is 15.4. The number of fused-ring (bicyclic) bond motifs is 1. The van der Waals surface area contributed by atoms with Gasteiger partial charge in [-0.05, 0) is 136 Å². The van der Waals surface area contributed by atoms with Crippen LogP contribution in [0.25, 0.3) is 11.0 Å². The number of nitrogens with one attached hydrogen (secondary N) is 4.